The molecule has 0 amide bonds. The van der Waals surface area contributed by atoms with Crippen molar-refractivity contribution in [2.75, 3.05) is 26.4 Å². The topological polar surface area (TPSA) is 388 Å². The zero-order valence-electron chi connectivity index (χ0n) is 46.4. The molecule has 8 aliphatic rings. The number of fused-ring (bicyclic) bond motifs is 7. The second-order valence-electron chi connectivity index (χ2n) is 25.5. The van der Waals surface area contributed by atoms with Gasteiger partial charge in [-0.05, 0) is 92.8 Å². The van der Waals surface area contributed by atoms with Crippen LogP contribution in [0.1, 0.15) is 107 Å². The molecule has 5 aliphatic carbocycles. The monoisotopic (exact) mass is 1130 g/mol. The second kappa shape index (κ2) is 22.6. The number of ether oxygens (including phenoxy) is 8. The van der Waals surface area contributed by atoms with Crippen LogP contribution in [-0.2, 0) is 52.3 Å². The van der Waals surface area contributed by atoms with E-state index in [-0.39, 0.29) is 24.7 Å². The Morgan fingerprint density at radius 1 is 0.658 bits per heavy atom. The molecule has 13 N–H and O–H groups in total. The molecule has 3 heterocycles. The van der Waals surface area contributed by atoms with Crippen LogP contribution in [0.2, 0.25) is 0 Å². The minimum Gasteiger partial charge on any atom is -0.479 e. The molecule has 450 valence electrons. The number of carboxylic acids is 1. The predicted molar refractivity (Wildman–Crippen MR) is 269 cm³/mol. The molecule has 24 heteroatoms. The molecule has 0 aromatic rings. The van der Waals surface area contributed by atoms with E-state index in [9.17, 15) is 80.8 Å². The number of allylic oxidation sites excluding steroid dienone is 3. The summed E-state index contributed by atoms with van der Waals surface area (Å²) < 4.78 is 48.2. The molecule has 3 aliphatic heterocycles. The Morgan fingerprint density at radius 3 is 1.76 bits per heavy atom. The first-order valence-electron chi connectivity index (χ1n) is 27.7. The van der Waals surface area contributed by atoms with Crippen molar-refractivity contribution in [1.82, 2.24) is 0 Å². The van der Waals surface area contributed by atoms with Crippen molar-refractivity contribution >= 4 is 17.9 Å². The molecule has 27 atom stereocenters. The molecule has 0 aromatic carbocycles. The van der Waals surface area contributed by atoms with E-state index >= 15 is 0 Å². The minimum atomic E-state index is -2.18. The number of aliphatic carboxylic acids is 1. The molecule has 0 spiro atoms. The molecule has 12 unspecified atom stereocenters. The van der Waals surface area contributed by atoms with E-state index in [0.717, 1.165) is 5.57 Å². The lowest BCUT2D eigenvalue weighted by Gasteiger charge is -2.72. The minimum absolute atomic E-state index is 0.0849. The summed E-state index contributed by atoms with van der Waals surface area (Å²) >= 11 is 0. The van der Waals surface area contributed by atoms with Crippen LogP contribution in [0.25, 0.3) is 0 Å². The number of aliphatic hydroxyl groups is 12. The maximum atomic E-state index is 13.4. The lowest BCUT2D eigenvalue weighted by Crippen LogP contribution is -2.72. The molecule has 3 saturated heterocycles. The first-order valence-corrected chi connectivity index (χ1v) is 27.7. The van der Waals surface area contributed by atoms with Crippen molar-refractivity contribution in [2.24, 2.45) is 50.2 Å². The van der Waals surface area contributed by atoms with Gasteiger partial charge in [0.2, 0.25) is 0 Å². The maximum absolute atomic E-state index is 13.4. The second-order valence-corrected chi connectivity index (χ2v) is 25.5. The van der Waals surface area contributed by atoms with Crippen molar-refractivity contribution in [3.63, 3.8) is 0 Å². The number of hydrogen-bond donors (Lipinski definition) is 13. The molecule has 79 heavy (non-hydrogen) atoms. The van der Waals surface area contributed by atoms with Crippen molar-refractivity contribution < 1.29 is 119 Å². The van der Waals surface area contributed by atoms with E-state index in [1.54, 1.807) is 19.9 Å². The Balaban J connectivity index is 1.12. The molecular weight excluding hydrogens is 1040 g/mol. The SMILES string of the molecule is C/C=C(/C)C(=O)O[C@H]1[C@H](OC(C)=O)[C@@]2(CO)C(CC1(C)C)C1=CCC3[C@@]4(C)CC[C@H](O[C@@H]5OC(C(=O)O)[C@@H](OC6OC(CO)C(O)C(O)C6O)C(O)[C@@H]5O[C@@H]5OC(CO)[C@@H](O)C(O)[C@@H]5O)[C@@](C)(CO)C4CC[C@@]3(C)[C@]1(C)C[C@H]2O. The van der Waals surface area contributed by atoms with E-state index in [0.29, 0.717) is 37.7 Å². The Bertz CT molecular complexity index is 2290. The average molecular weight is 1130 g/mol. The van der Waals surface area contributed by atoms with Crippen LogP contribution in [0.5, 0.6) is 0 Å². The molecular formula is C55H86O24. The summed E-state index contributed by atoms with van der Waals surface area (Å²) in [5.74, 6) is -3.88. The first kappa shape index (κ1) is 62.2. The molecule has 7 fully saturated rings. The molecule has 8 rings (SSSR count). The number of esters is 2. The third kappa shape index (κ3) is 9.94. The number of carboxylic acid groups (broad SMARTS) is 1. The Hall–Kier alpha value is -2.83. The lowest BCUT2D eigenvalue weighted by atomic mass is 9.33. The molecule has 24 nitrogen and oxygen atoms in total. The van der Waals surface area contributed by atoms with Crippen LogP contribution in [0, 0.1) is 50.2 Å². The third-order valence-electron chi connectivity index (χ3n) is 21.1. The van der Waals surface area contributed by atoms with Gasteiger partial charge in [0.15, 0.2) is 25.0 Å². The van der Waals surface area contributed by atoms with Gasteiger partial charge in [-0.2, -0.15) is 0 Å². The summed E-state index contributed by atoms with van der Waals surface area (Å²) in [7, 11) is 0. The highest BCUT2D eigenvalue weighted by atomic mass is 16.8. The Kier molecular flexibility index (Phi) is 17.8. The fraction of sp³-hybridized carbons (Fsp3) is 0.873. The van der Waals surface area contributed by atoms with Gasteiger partial charge in [0.1, 0.15) is 79.4 Å². The average Bonchev–Trinajstić information content (AvgIpc) is 3.25. The van der Waals surface area contributed by atoms with Crippen LogP contribution in [0.15, 0.2) is 23.3 Å². The Morgan fingerprint density at radius 2 is 1.24 bits per heavy atom. The quantitative estimate of drug-likeness (QED) is 0.0415. The van der Waals surface area contributed by atoms with Crippen LogP contribution in [0.3, 0.4) is 0 Å². The molecule has 0 aromatic heterocycles. The normalized spacial score (nSPS) is 50.6. The molecule has 0 bridgehead atoms. The highest BCUT2D eigenvalue weighted by Gasteiger charge is 2.74. The van der Waals surface area contributed by atoms with Crippen LogP contribution >= 0.6 is 0 Å². The van der Waals surface area contributed by atoms with Gasteiger partial charge in [0.25, 0.3) is 0 Å². The Labute approximate surface area is 459 Å². The van der Waals surface area contributed by atoms with Crippen LogP contribution < -0.4 is 0 Å². The summed E-state index contributed by atoms with van der Waals surface area (Å²) in [4.78, 5) is 39.5. The van der Waals surface area contributed by atoms with Gasteiger partial charge in [0, 0.05) is 23.3 Å². The van der Waals surface area contributed by atoms with Crippen molar-refractivity contribution in [1.29, 1.82) is 0 Å². The van der Waals surface area contributed by atoms with Crippen molar-refractivity contribution in [3.05, 3.63) is 23.3 Å². The van der Waals surface area contributed by atoms with Gasteiger partial charge in [0.05, 0.1) is 44.1 Å². The maximum Gasteiger partial charge on any atom is 0.335 e. The van der Waals surface area contributed by atoms with Gasteiger partial charge in [-0.15, -0.1) is 0 Å². The number of carbonyl (C=O) groups excluding carboxylic acids is 2. The third-order valence-corrected chi connectivity index (χ3v) is 21.1. The highest BCUT2D eigenvalue weighted by molar-refractivity contribution is 5.87. The zero-order valence-corrected chi connectivity index (χ0v) is 46.4. The summed E-state index contributed by atoms with van der Waals surface area (Å²) in [6.45, 7) is 14.1. The number of aliphatic hydroxyl groups excluding tert-OH is 12. The van der Waals surface area contributed by atoms with Gasteiger partial charge >= 0.3 is 17.9 Å². The van der Waals surface area contributed by atoms with E-state index in [2.05, 4.69) is 26.8 Å². The number of carbonyl (C=O) groups is 3. The summed E-state index contributed by atoms with van der Waals surface area (Å²) in [5, 5.41) is 143. The fourth-order valence-corrected chi connectivity index (χ4v) is 16.2. The molecule has 4 saturated carbocycles. The van der Waals surface area contributed by atoms with Crippen LogP contribution in [0.4, 0.5) is 0 Å². The van der Waals surface area contributed by atoms with Gasteiger partial charge < -0.3 is 104 Å². The standard InChI is InChI=1S/C55H86O24/c1-10-23(2)46(71)79-43-44(72-24(3)60)55(22-59)26(17-50(43,4)5)25-11-12-30-51(6)15-14-32(52(7,21-58)29(51)13-16-53(30,8)54(25,9)18-31(55)61)75-49-41(77-48-38(67)36(65)34(63)28(20-57)74-48)39(68)40(42(78-49)45(69)70)76-47-37(66)35(64)33(62)27(19-56)73-47/h10-11,26-44,47-49,56-59,61-68H,12-22H2,1-9H3,(H,69,70)/b23-10-/t26?,27?,28?,29?,30?,31-,32+,33?,34-,35?,36?,37?,38+,39?,40+,41+,42?,43+,44+,47?,48+,49-,51+,52+,53-,54-,55+/m1/s1. The summed E-state index contributed by atoms with van der Waals surface area (Å²) in [5.41, 5.74) is -3.78. The van der Waals surface area contributed by atoms with Crippen molar-refractivity contribution in [3.8, 4) is 0 Å². The van der Waals surface area contributed by atoms with Gasteiger partial charge in [-0.3, -0.25) is 4.79 Å². The number of rotatable bonds is 14. The molecule has 0 radical (unpaired) electrons. The van der Waals surface area contributed by atoms with Gasteiger partial charge in [-0.25, -0.2) is 9.59 Å². The van der Waals surface area contributed by atoms with Gasteiger partial charge in [-0.1, -0.05) is 59.3 Å². The predicted octanol–water partition coefficient (Wildman–Crippen LogP) is -1.32. The smallest absolute Gasteiger partial charge is 0.335 e. The number of hydrogen-bond acceptors (Lipinski definition) is 23. The zero-order chi connectivity index (χ0) is 58.4. The summed E-state index contributed by atoms with van der Waals surface area (Å²) in [6, 6.07) is 0. The van der Waals surface area contributed by atoms with Crippen LogP contribution in [-0.4, -0.2) is 227 Å². The van der Waals surface area contributed by atoms with E-state index in [4.69, 9.17) is 37.9 Å². The van der Waals surface area contributed by atoms with Crippen molar-refractivity contribution in [2.45, 2.75) is 224 Å². The van der Waals surface area contributed by atoms with E-state index in [1.165, 1.54) is 6.92 Å². The highest BCUT2D eigenvalue weighted by Crippen LogP contribution is 2.76. The van der Waals surface area contributed by atoms with E-state index in [1.807, 2.05) is 20.8 Å². The summed E-state index contributed by atoms with van der Waals surface area (Å²) in [6.07, 6.45) is -26.5. The van der Waals surface area contributed by atoms with E-state index < -0.39 is 199 Å². The largest absolute Gasteiger partial charge is 0.479 e. The lowest BCUT2D eigenvalue weighted by molar-refractivity contribution is -0.392. The first-order chi connectivity index (χ1) is 36.9. The fourth-order valence-electron chi connectivity index (χ4n) is 16.2.